The molecule has 2 saturated heterocycles. The molecule has 1 saturated carbocycles. The van der Waals surface area contributed by atoms with Gasteiger partial charge in [-0.15, -0.1) is 0 Å². The van der Waals surface area contributed by atoms with Gasteiger partial charge in [0.2, 0.25) is 0 Å². The van der Waals surface area contributed by atoms with Gasteiger partial charge in [0.15, 0.2) is 5.79 Å². The Morgan fingerprint density at radius 1 is 1.20 bits per heavy atom. The highest BCUT2D eigenvalue weighted by Gasteiger charge is 2.43. The molecule has 3 rings (SSSR count). The van der Waals surface area contributed by atoms with E-state index in [-0.39, 0.29) is 18.5 Å². The number of nitrogens with one attached hydrogen (secondary N) is 1. The third-order valence-electron chi connectivity index (χ3n) is 4.80. The highest BCUT2D eigenvalue weighted by Crippen LogP contribution is 2.39. The minimum Gasteiger partial charge on any atom is -0.395 e. The van der Waals surface area contributed by atoms with Gasteiger partial charge in [-0.3, -0.25) is 4.90 Å². The molecule has 0 bridgehead atoms. The predicted molar refractivity (Wildman–Crippen MR) is 76.6 cm³/mol. The summed E-state index contributed by atoms with van der Waals surface area (Å²) < 4.78 is 12.1. The van der Waals surface area contributed by atoms with Gasteiger partial charge in [0.25, 0.3) is 0 Å². The molecule has 0 aromatic heterocycles. The number of aliphatic hydroxyl groups excluding tert-OH is 1. The summed E-state index contributed by atoms with van der Waals surface area (Å²) in [6, 6.07) is 0.573. The van der Waals surface area contributed by atoms with Crippen molar-refractivity contribution in [1.82, 2.24) is 10.2 Å². The number of nitrogens with zero attached hydrogens (tertiary/aromatic N) is 1. The standard InChI is InChI=1S/C15H28N2O3/c18-9-8-17(10-13-4-3-7-16-13)11-14-12-19-15(20-14)5-1-2-6-15/h13-14,16,18H,1-12H2. The van der Waals surface area contributed by atoms with Gasteiger partial charge in [0.05, 0.1) is 19.3 Å². The Hall–Kier alpha value is -0.200. The highest BCUT2D eigenvalue weighted by atomic mass is 16.7. The average molecular weight is 284 g/mol. The molecule has 2 atom stereocenters. The van der Waals surface area contributed by atoms with Crippen molar-refractivity contribution in [3.63, 3.8) is 0 Å². The first kappa shape index (κ1) is 14.7. The van der Waals surface area contributed by atoms with Crippen LogP contribution in [0.3, 0.4) is 0 Å². The van der Waals surface area contributed by atoms with Crippen LogP contribution in [0.5, 0.6) is 0 Å². The summed E-state index contributed by atoms with van der Waals surface area (Å²) in [6.07, 6.45) is 7.22. The van der Waals surface area contributed by atoms with Crippen molar-refractivity contribution < 1.29 is 14.6 Å². The molecule has 2 heterocycles. The Morgan fingerprint density at radius 2 is 2.05 bits per heavy atom. The Kier molecular flexibility index (Phi) is 4.94. The summed E-state index contributed by atoms with van der Waals surface area (Å²) in [6.45, 7) is 4.66. The first-order valence-corrected chi connectivity index (χ1v) is 8.18. The summed E-state index contributed by atoms with van der Waals surface area (Å²) in [5, 5.41) is 12.8. The number of aliphatic hydroxyl groups is 1. The van der Waals surface area contributed by atoms with Crippen molar-refractivity contribution in [2.75, 3.05) is 39.4 Å². The van der Waals surface area contributed by atoms with Gasteiger partial charge in [-0.05, 0) is 32.2 Å². The summed E-state index contributed by atoms with van der Waals surface area (Å²) >= 11 is 0. The van der Waals surface area contributed by atoms with Crippen LogP contribution in [0.1, 0.15) is 38.5 Å². The van der Waals surface area contributed by atoms with Crippen molar-refractivity contribution in [1.29, 1.82) is 0 Å². The zero-order valence-electron chi connectivity index (χ0n) is 12.4. The summed E-state index contributed by atoms with van der Waals surface area (Å²) in [5.74, 6) is -0.263. The molecule has 5 nitrogen and oxygen atoms in total. The lowest BCUT2D eigenvalue weighted by molar-refractivity contribution is -0.163. The van der Waals surface area contributed by atoms with Crippen molar-refractivity contribution in [2.24, 2.45) is 0 Å². The lowest BCUT2D eigenvalue weighted by Gasteiger charge is -2.28. The first-order chi connectivity index (χ1) is 9.80. The molecule has 2 aliphatic heterocycles. The molecule has 20 heavy (non-hydrogen) atoms. The second-order valence-corrected chi connectivity index (χ2v) is 6.45. The predicted octanol–water partition coefficient (Wildman–Crippen LogP) is 0.718. The van der Waals surface area contributed by atoms with E-state index in [0.717, 1.165) is 39.0 Å². The van der Waals surface area contributed by atoms with Crippen LogP contribution < -0.4 is 5.32 Å². The zero-order chi connectivity index (χ0) is 13.8. The van der Waals surface area contributed by atoms with Crippen LogP contribution in [0.15, 0.2) is 0 Å². The van der Waals surface area contributed by atoms with Gasteiger partial charge < -0.3 is 19.9 Å². The molecule has 2 unspecified atom stereocenters. The lowest BCUT2D eigenvalue weighted by Crippen LogP contribution is -2.43. The molecular weight excluding hydrogens is 256 g/mol. The van der Waals surface area contributed by atoms with Crippen molar-refractivity contribution in [2.45, 2.75) is 56.5 Å². The number of rotatable bonds is 6. The van der Waals surface area contributed by atoms with Gasteiger partial charge >= 0.3 is 0 Å². The maximum absolute atomic E-state index is 9.26. The summed E-state index contributed by atoms with van der Waals surface area (Å²) in [4.78, 5) is 2.32. The molecule has 3 aliphatic rings. The van der Waals surface area contributed by atoms with E-state index >= 15 is 0 Å². The minimum absolute atomic E-state index is 0.168. The molecule has 0 aromatic rings. The molecule has 5 heteroatoms. The Bertz CT molecular complexity index is 301. The summed E-state index contributed by atoms with van der Waals surface area (Å²) in [7, 11) is 0. The second-order valence-electron chi connectivity index (χ2n) is 6.45. The van der Waals surface area contributed by atoms with Gasteiger partial charge in [-0.1, -0.05) is 0 Å². The van der Waals surface area contributed by atoms with Crippen LogP contribution in [0.2, 0.25) is 0 Å². The molecule has 1 aliphatic carbocycles. The molecular formula is C15H28N2O3. The second kappa shape index (κ2) is 6.71. The molecule has 2 N–H and O–H groups in total. The molecule has 0 aromatic carbocycles. The normalized spacial score (nSPS) is 32.7. The van der Waals surface area contributed by atoms with Crippen molar-refractivity contribution in [3.8, 4) is 0 Å². The maximum Gasteiger partial charge on any atom is 0.168 e. The Morgan fingerprint density at radius 3 is 2.75 bits per heavy atom. The van der Waals surface area contributed by atoms with Crippen LogP contribution in [-0.2, 0) is 9.47 Å². The van der Waals surface area contributed by atoms with E-state index in [2.05, 4.69) is 10.2 Å². The van der Waals surface area contributed by atoms with Crippen molar-refractivity contribution >= 4 is 0 Å². The van der Waals surface area contributed by atoms with Crippen LogP contribution in [0, 0.1) is 0 Å². The fraction of sp³-hybridized carbons (Fsp3) is 1.00. The maximum atomic E-state index is 9.26. The van der Waals surface area contributed by atoms with E-state index in [1.165, 1.54) is 25.7 Å². The Balaban J connectivity index is 1.48. The molecule has 1 spiro atoms. The number of hydrogen-bond acceptors (Lipinski definition) is 5. The quantitative estimate of drug-likeness (QED) is 0.753. The first-order valence-electron chi connectivity index (χ1n) is 8.18. The summed E-state index contributed by atoms with van der Waals surface area (Å²) in [5.41, 5.74) is 0. The van der Waals surface area contributed by atoms with Crippen LogP contribution in [-0.4, -0.2) is 67.3 Å². The molecule has 116 valence electrons. The van der Waals surface area contributed by atoms with Crippen LogP contribution in [0.4, 0.5) is 0 Å². The van der Waals surface area contributed by atoms with Gasteiger partial charge in [-0.25, -0.2) is 0 Å². The minimum atomic E-state index is -0.263. The van der Waals surface area contributed by atoms with Gasteiger partial charge in [0.1, 0.15) is 0 Å². The third kappa shape index (κ3) is 3.52. The van der Waals surface area contributed by atoms with Gasteiger partial charge in [-0.2, -0.15) is 0 Å². The lowest BCUT2D eigenvalue weighted by atomic mass is 10.2. The average Bonchev–Trinajstić information content (AvgIpc) is 3.15. The number of ether oxygens (including phenoxy) is 2. The molecule has 0 amide bonds. The molecule has 0 radical (unpaired) electrons. The monoisotopic (exact) mass is 284 g/mol. The highest BCUT2D eigenvalue weighted by molar-refractivity contribution is 4.86. The Labute approximate surface area is 121 Å². The van der Waals surface area contributed by atoms with E-state index in [4.69, 9.17) is 9.47 Å². The number of hydrogen-bond donors (Lipinski definition) is 2. The van der Waals surface area contributed by atoms with Crippen molar-refractivity contribution in [3.05, 3.63) is 0 Å². The van der Waals surface area contributed by atoms with E-state index in [1.54, 1.807) is 0 Å². The van der Waals surface area contributed by atoms with E-state index in [0.29, 0.717) is 12.6 Å². The van der Waals surface area contributed by atoms with E-state index < -0.39 is 0 Å². The van der Waals surface area contributed by atoms with Crippen LogP contribution in [0.25, 0.3) is 0 Å². The van der Waals surface area contributed by atoms with Gasteiger partial charge in [0, 0.05) is 38.5 Å². The fourth-order valence-corrected chi connectivity index (χ4v) is 3.79. The fourth-order valence-electron chi connectivity index (χ4n) is 3.79. The zero-order valence-corrected chi connectivity index (χ0v) is 12.4. The van der Waals surface area contributed by atoms with Crippen LogP contribution >= 0.6 is 0 Å². The SMILES string of the molecule is OCCN(CC1CCCN1)CC1COC2(CCCC2)O1. The van der Waals surface area contributed by atoms with E-state index in [1.807, 2.05) is 0 Å². The largest absolute Gasteiger partial charge is 0.395 e. The van der Waals surface area contributed by atoms with E-state index in [9.17, 15) is 5.11 Å². The molecule has 3 fully saturated rings. The smallest absolute Gasteiger partial charge is 0.168 e. The third-order valence-corrected chi connectivity index (χ3v) is 4.80. The topological polar surface area (TPSA) is 54.0 Å².